The van der Waals surface area contributed by atoms with Crippen LogP contribution >= 0.6 is 0 Å². The molecule has 12 heavy (non-hydrogen) atoms. The molecule has 0 aliphatic heterocycles. The van der Waals surface area contributed by atoms with Crippen molar-refractivity contribution in [3.8, 4) is 0 Å². The van der Waals surface area contributed by atoms with Crippen LogP contribution in [0.2, 0.25) is 0 Å². The van der Waals surface area contributed by atoms with Gasteiger partial charge in [0.15, 0.2) is 0 Å². The lowest BCUT2D eigenvalue weighted by Crippen LogP contribution is -2.10. The summed E-state index contributed by atoms with van der Waals surface area (Å²) in [5, 5.41) is 2.03. The van der Waals surface area contributed by atoms with Crippen molar-refractivity contribution in [3.63, 3.8) is 0 Å². The fourth-order valence-electron chi connectivity index (χ4n) is 0.836. The Kier molecular flexibility index (Phi) is 3.45. The average molecular weight is 212 g/mol. The standard InChI is InChI=1S/C8H4Si4/c9-6-4-2-1-3-5(6)7(10)8(11)12/h1-4H. The van der Waals surface area contributed by atoms with Gasteiger partial charge in [-0.2, -0.15) is 0 Å². The van der Waals surface area contributed by atoms with Gasteiger partial charge in [0.2, 0.25) is 0 Å². The molecule has 0 N–H and O–H groups in total. The number of benzene rings is 1. The van der Waals surface area contributed by atoms with Crippen molar-refractivity contribution >= 4 is 51.4 Å². The summed E-state index contributed by atoms with van der Waals surface area (Å²) in [5.41, 5.74) is 1.10. The van der Waals surface area contributed by atoms with E-state index < -0.39 is 0 Å². The van der Waals surface area contributed by atoms with Gasteiger partial charge in [-0.15, -0.1) is 4.82 Å². The summed E-state index contributed by atoms with van der Waals surface area (Å²) >= 11 is 0. The fourth-order valence-corrected chi connectivity index (χ4v) is 1.75. The molecule has 0 fully saturated rings. The van der Waals surface area contributed by atoms with Crippen LogP contribution in [0.1, 0.15) is 5.56 Å². The Morgan fingerprint density at radius 1 is 1.00 bits per heavy atom. The second-order valence-electron chi connectivity index (χ2n) is 2.30. The van der Waals surface area contributed by atoms with E-state index in [9.17, 15) is 0 Å². The van der Waals surface area contributed by atoms with Gasteiger partial charge in [0.25, 0.3) is 0 Å². The average Bonchev–Trinajstić information content (AvgIpc) is 2.04. The van der Waals surface area contributed by atoms with Crippen LogP contribution in [0.15, 0.2) is 29.1 Å². The van der Waals surface area contributed by atoms with Crippen molar-refractivity contribution in [1.29, 1.82) is 0 Å². The van der Waals surface area contributed by atoms with E-state index in [1.165, 1.54) is 0 Å². The molecule has 12 radical (unpaired) electrons. The van der Waals surface area contributed by atoms with Crippen LogP contribution in [0.3, 0.4) is 0 Å². The molecule has 0 nitrogen and oxygen atoms in total. The molecule has 1 aromatic carbocycles. The molecule has 0 atom stereocenters. The molecule has 0 heterocycles. The summed E-state index contributed by atoms with van der Waals surface area (Å²) in [6, 6.07) is 7.98. The number of rotatable bonds is 1. The maximum atomic E-state index is 3.51. The zero-order valence-electron chi connectivity index (χ0n) is 6.31. The van der Waals surface area contributed by atoms with Gasteiger partial charge in [0.1, 0.15) is 0 Å². The minimum absolute atomic E-state index is 0.886. The Morgan fingerprint density at radius 3 is 2.08 bits per heavy atom. The van der Waals surface area contributed by atoms with Gasteiger partial charge in [0.05, 0.1) is 41.0 Å². The van der Waals surface area contributed by atoms with Gasteiger partial charge < -0.3 is 0 Å². The van der Waals surface area contributed by atoms with Crippen molar-refractivity contribution in [2.75, 3.05) is 0 Å². The molecular formula is C8H4Si4. The lowest BCUT2D eigenvalue weighted by atomic mass is 10.2. The van der Waals surface area contributed by atoms with Crippen LogP contribution in [-0.4, -0.2) is 41.0 Å². The first-order valence-corrected chi connectivity index (χ1v) is 5.33. The van der Waals surface area contributed by atoms with Crippen molar-refractivity contribution in [2.45, 2.75) is 0 Å². The van der Waals surface area contributed by atoms with Crippen molar-refractivity contribution < 1.29 is 0 Å². The molecule has 1 aromatic rings. The third-order valence-corrected chi connectivity index (χ3v) is 3.40. The largest absolute Gasteiger partial charge is 0.105 e. The minimum atomic E-state index is 0.886. The summed E-state index contributed by atoms with van der Waals surface area (Å²) in [6.45, 7) is 0. The van der Waals surface area contributed by atoms with Crippen LogP contribution in [-0.2, 0) is 0 Å². The number of hydrogen-bond donors (Lipinski definition) is 0. The van der Waals surface area contributed by atoms with Gasteiger partial charge in [-0.05, 0) is 5.56 Å². The Labute approximate surface area is 86.2 Å². The topological polar surface area (TPSA) is 0 Å². The predicted molar refractivity (Wildman–Crippen MR) is 56.0 cm³/mol. The first-order valence-electron chi connectivity index (χ1n) is 3.33. The van der Waals surface area contributed by atoms with Gasteiger partial charge in [-0.3, -0.25) is 0 Å². The Morgan fingerprint density at radius 2 is 1.58 bits per heavy atom. The second kappa shape index (κ2) is 4.17. The Hall–Kier alpha value is -0.172. The first kappa shape index (κ1) is 9.91. The molecule has 4 heteroatoms. The van der Waals surface area contributed by atoms with E-state index in [0.29, 0.717) is 0 Å². The lowest BCUT2D eigenvalue weighted by molar-refractivity contribution is 1.71. The summed E-state index contributed by atoms with van der Waals surface area (Å²) in [7, 11) is 13.8. The van der Waals surface area contributed by atoms with Crippen LogP contribution < -0.4 is 5.19 Å². The molecule has 0 spiro atoms. The molecule has 0 saturated carbocycles. The molecule has 0 aromatic heterocycles. The fraction of sp³-hybridized carbons (Fsp3) is 0. The molecule has 0 amide bonds. The summed E-state index contributed by atoms with van der Waals surface area (Å²) in [4.78, 5) is 0.886. The highest BCUT2D eigenvalue weighted by Gasteiger charge is 1.99. The first-order chi connectivity index (χ1) is 5.63. The number of hydrogen-bond acceptors (Lipinski definition) is 0. The van der Waals surface area contributed by atoms with Gasteiger partial charge in [-0.1, -0.05) is 34.6 Å². The van der Waals surface area contributed by atoms with Crippen molar-refractivity contribution in [2.24, 2.45) is 0 Å². The van der Waals surface area contributed by atoms with E-state index in [1.807, 2.05) is 24.3 Å². The van der Waals surface area contributed by atoms with E-state index in [-0.39, 0.29) is 0 Å². The lowest BCUT2D eigenvalue weighted by Gasteiger charge is -2.07. The highest BCUT2D eigenvalue weighted by molar-refractivity contribution is 6.61. The molecule has 52 valence electrons. The van der Waals surface area contributed by atoms with Gasteiger partial charge in [-0.25, -0.2) is 0 Å². The maximum Gasteiger partial charge on any atom is 0.0720 e. The smallest absolute Gasteiger partial charge is 0.0720 e. The monoisotopic (exact) mass is 212 g/mol. The van der Waals surface area contributed by atoms with E-state index >= 15 is 0 Å². The maximum absolute atomic E-state index is 3.51. The molecule has 0 aliphatic rings. The van der Waals surface area contributed by atoms with Crippen LogP contribution in [0.4, 0.5) is 0 Å². The van der Waals surface area contributed by atoms with Gasteiger partial charge in [0, 0.05) is 0 Å². The molecular weight excluding hydrogens is 208 g/mol. The van der Waals surface area contributed by atoms with E-state index in [2.05, 4.69) is 41.0 Å². The summed E-state index contributed by atoms with van der Waals surface area (Å²) in [5.74, 6) is 0. The highest BCUT2D eigenvalue weighted by atomic mass is 28.2. The van der Waals surface area contributed by atoms with E-state index in [1.54, 1.807) is 0 Å². The molecule has 1 rings (SSSR count). The quantitative estimate of drug-likeness (QED) is 0.557. The predicted octanol–water partition coefficient (Wildman–Crippen LogP) is -0.388. The van der Waals surface area contributed by atoms with Crippen molar-refractivity contribution in [1.82, 2.24) is 0 Å². The van der Waals surface area contributed by atoms with Crippen LogP contribution in [0.25, 0.3) is 5.20 Å². The molecule has 0 unspecified atom stereocenters. The van der Waals surface area contributed by atoms with Crippen LogP contribution in [0.5, 0.6) is 0 Å². The summed E-state index contributed by atoms with van der Waals surface area (Å²) in [6.07, 6.45) is 0. The van der Waals surface area contributed by atoms with E-state index in [4.69, 9.17) is 0 Å². The molecule has 0 aliphatic carbocycles. The highest BCUT2D eigenvalue weighted by Crippen LogP contribution is 2.08. The van der Waals surface area contributed by atoms with Crippen molar-refractivity contribution in [3.05, 3.63) is 34.6 Å². The zero-order chi connectivity index (χ0) is 9.14. The minimum Gasteiger partial charge on any atom is -0.105 e. The summed E-state index contributed by atoms with van der Waals surface area (Å²) < 4.78 is 0. The molecule has 0 saturated heterocycles. The van der Waals surface area contributed by atoms with E-state index in [0.717, 1.165) is 20.8 Å². The van der Waals surface area contributed by atoms with Crippen LogP contribution in [0, 0.1) is 0 Å². The zero-order valence-corrected chi connectivity index (χ0v) is 10.3. The SMILES string of the molecule is [Si]C([Si])=C([Si])c1ccccc1[Si]. The third kappa shape index (κ3) is 2.16. The Bertz CT molecular complexity index is 313. The Balaban J connectivity index is 3.21. The third-order valence-electron chi connectivity index (χ3n) is 1.45. The normalized spacial score (nSPS) is 9.67. The molecule has 0 bridgehead atoms. The van der Waals surface area contributed by atoms with Gasteiger partial charge >= 0.3 is 0 Å². The second-order valence-corrected chi connectivity index (χ2v) is 4.83.